The number of carbonyl (C=O) groups excluding carboxylic acids is 2. The topological polar surface area (TPSA) is 172 Å². The van der Waals surface area contributed by atoms with Crippen LogP contribution in [0.5, 0.6) is 0 Å². The Balaban J connectivity index is 4.31. The number of ether oxygens (including phenoxy) is 2. The lowest BCUT2D eigenvalue weighted by Crippen LogP contribution is -2.34. The fourth-order valence-corrected chi connectivity index (χ4v) is 7.02. The van der Waals surface area contributed by atoms with Gasteiger partial charge in [-0.2, -0.15) is 0 Å². The third kappa shape index (κ3) is 38.9. The SMILES string of the molecule is CCCCCCCCCC/C=C\CCCCCCCCCC(=O)O[C@H](COC(=O)CCCCCCCCCCCCCC)COP(=O)(O)OC[C@H](N)C(=O)O. The molecular weight excluding hydrogens is 721 g/mol. The summed E-state index contributed by atoms with van der Waals surface area (Å²) in [7, 11) is -4.71. The normalized spacial score (nSPS) is 13.8. The van der Waals surface area contributed by atoms with Crippen LogP contribution in [0.2, 0.25) is 0 Å². The highest BCUT2D eigenvalue weighted by molar-refractivity contribution is 7.47. The third-order valence-corrected chi connectivity index (χ3v) is 10.7. The van der Waals surface area contributed by atoms with Crippen molar-refractivity contribution in [3.05, 3.63) is 12.2 Å². The van der Waals surface area contributed by atoms with Crippen LogP contribution in [0.1, 0.15) is 213 Å². The molecule has 55 heavy (non-hydrogen) atoms. The molecule has 0 radical (unpaired) electrons. The van der Waals surface area contributed by atoms with Crippen molar-refractivity contribution in [2.45, 2.75) is 225 Å². The first-order chi connectivity index (χ1) is 26.6. The monoisotopic (exact) mass is 804 g/mol. The van der Waals surface area contributed by atoms with E-state index < -0.39 is 51.1 Å². The van der Waals surface area contributed by atoms with Crippen molar-refractivity contribution in [1.29, 1.82) is 0 Å². The van der Waals surface area contributed by atoms with Gasteiger partial charge in [0.15, 0.2) is 6.10 Å². The molecule has 0 fully saturated rings. The van der Waals surface area contributed by atoms with Gasteiger partial charge in [-0.3, -0.25) is 23.4 Å². The van der Waals surface area contributed by atoms with Crippen LogP contribution in [0.4, 0.5) is 0 Å². The average molecular weight is 804 g/mol. The number of rotatable bonds is 42. The molecule has 0 spiro atoms. The van der Waals surface area contributed by atoms with Crippen molar-refractivity contribution in [2.75, 3.05) is 19.8 Å². The van der Waals surface area contributed by atoms with E-state index in [-0.39, 0.29) is 19.4 Å². The highest BCUT2D eigenvalue weighted by Gasteiger charge is 2.28. The van der Waals surface area contributed by atoms with Crippen molar-refractivity contribution in [3.8, 4) is 0 Å². The van der Waals surface area contributed by atoms with Gasteiger partial charge in [-0.05, 0) is 38.5 Å². The molecular formula is C43H82NO10P. The van der Waals surface area contributed by atoms with Crippen LogP contribution in [0.15, 0.2) is 12.2 Å². The van der Waals surface area contributed by atoms with E-state index in [0.717, 1.165) is 44.9 Å². The molecule has 1 unspecified atom stereocenters. The molecule has 0 bridgehead atoms. The van der Waals surface area contributed by atoms with E-state index in [1.807, 2.05) is 0 Å². The van der Waals surface area contributed by atoms with Gasteiger partial charge in [0.1, 0.15) is 12.6 Å². The van der Waals surface area contributed by atoms with Gasteiger partial charge in [-0.1, -0.05) is 174 Å². The summed E-state index contributed by atoms with van der Waals surface area (Å²) in [5.74, 6) is -2.37. The molecule has 0 heterocycles. The molecule has 0 saturated carbocycles. The first-order valence-corrected chi connectivity index (χ1v) is 23.7. The van der Waals surface area contributed by atoms with Crippen molar-refractivity contribution >= 4 is 25.7 Å². The van der Waals surface area contributed by atoms with Crippen molar-refractivity contribution in [3.63, 3.8) is 0 Å². The maximum Gasteiger partial charge on any atom is 0.472 e. The van der Waals surface area contributed by atoms with Gasteiger partial charge in [0.25, 0.3) is 0 Å². The van der Waals surface area contributed by atoms with E-state index in [1.54, 1.807) is 0 Å². The largest absolute Gasteiger partial charge is 0.480 e. The van der Waals surface area contributed by atoms with Gasteiger partial charge < -0.3 is 25.2 Å². The molecule has 0 aromatic carbocycles. The van der Waals surface area contributed by atoms with Crippen LogP contribution in [0.25, 0.3) is 0 Å². The maximum absolute atomic E-state index is 12.6. The lowest BCUT2D eigenvalue weighted by molar-refractivity contribution is -0.161. The molecule has 0 rings (SSSR count). The molecule has 4 N–H and O–H groups in total. The zero-order valence-corrected chi connectivity index (χ0v) is 35.9. The summed E-state index contributed by atoms with van der Waals surface area (Å²) < 4.78 is 32.7. The fourth-order valence-electron chi connectivity index (χ4n) is 6.24. The quantitative estimate of drug-likeness (QED) is 0.0232. The van der Waals surface area contributed by atoms with Crippen LogP contribution >= 0.6 is 7.82 Å². The number of unbranched alkanes of at least 4 members (excludes halogenated alkanes) is 26. The fraction of sp³-hybridized carbons (Fsp3) is 0.884. The molecule has 11 nitrogen and oxygen atoms in total. The molecule has 0 amide bonds. The van der Waals surface area contributed by atoms with E-state index in [2.05, 4.69) is 30.5 Å². The lowest BCUT2D eigenvalue weighted by atomic mass is 10.0. The Labute approximate surface area is 335 Å². The summed E-state index contributed by atoms with van der Waals surface area (Å²) in [6.45, 7) is 2.81. The smallest absolute Gasteiger partial charge is 0.472 e. The van der Waals surface area contributed by atoms with Crippen LogP contribution < -0.4 is 5.73 Å². The first-order valence-electron chi connectivity index (χ1n) is 22.2. The van der Waals surface area contributed by atoms with Gasteiger partial charge in [0.05, 0.1) is 13.2 Å². The second-order valence-corrected chi connectivity index (χ2v) is 16.6. The number of hydrogen-bond donors (Lipinski definition) is 3. The Kier molecular flexibility index (Phi) is 37.8. The van der Waals surface area contributed by atoms with Gasteiger partial charge >= 0.3 is 25.7 Å². The Morgan fingerprint density at radius 3 is 1.33 bits per heavy atom. The molecule has 0 aromatic rings. The predicted molar refractivity (Wildman–Crippen MR) is 222 cm³/mol. The van der Waals surface area contributed by atoms with Gasteiger partial charge in [-0.25, -0.2) is 4.57 Å². The number of allylic oxidation sites excluding steroid dienone is 2. The Hall–Kier alpha value is -1.78. The zero-order valence-electron chi connectivity index (χ0n) is 35.0. The molecule has 0 aliphatic carbocycles. The number of nitrogens with two attached hydrogens (primary N) is 1. The van der Waals surface area contributed by atoms with E-state index in [0.29, 0.717) is 12.8 Å². The molecule has 0 aromatic heterocycles. The Morgan fingerprint density at radius 2 is 0.909 bits per heavy atom. The standard InChI is InChI=1S/C43H82NO10P/c1-3-5-7-9-11-13-15-17-18-19-20-21-22-23-25-27-29-31-33-35-42(46)54-39(37-52-55(49,50)53-38-40(44)43(47)48)36-51-41(45)34-32-30-28-26-24-16-14-12-10-8-6-4-2/h19-20,39-40H,3-18,21-38,44H2,1-2H3,(H,47,48)(H,49,50)/b20-19-/t39-,40+/m1/s1. The molecule has 324 valence electrons. The number of carbonyl (C=O) groups is 3. The predicted octanol–water partition coefficient (Wildman–Crippen LogP) is 11.7. The van der Waals surface area contributed by atoms with Crippen molar-refractivity contribution < 1.29 is 47.5 Å². The number of phosphoric acid groups is 1. The van der Waals surface area contributed by atoms with E-state index in [1.165, 1.54) is 128 Å². The molecule has 0 aliphatic heterocycles. The minimum absolute atomic E-state index is 0.160. The van der Waals surface area contributed by atoms with Gasteiger partial charge in [0, 0.05) is 12.8 Å². The first kappa shape index (κ1) is 53.2. The number of aliphatic carboxylic acids is 1. The average Bonchev–Trinajstić information content (AvgIpc) is 3.16. The summed E-state index contributed by atoms with van der Waals surface area (Å²) in [4.78, 5) is 45.9. The second kappa shape index (κ2) is 39.1. The Bertz CT molecular complexity index is 995. The van der Waals surface area contributed by atoms with Gasteiger partial charge in [-0.15, -0.1) is 0 Å². The number of carboxylic acids is 1. The summed E-state index contributed by atoms with van der Waals surface area (Å²) in [6.07, 6.45) is 38.5. The zero-order chi connectivity index (χ0) is 40.7. The van der Waals surface area contributed by atoms with Gasteiger partial charge in [0.2, 0.25) is 0 Å². The number of carboxylic acid groups (broad SMARTS) is 1. The summed E-state index contributed by atoms with van der Waals surface area (Å²) in [5.41, 5.74) is 5.33. The summed E-state index contributed by atoms with van der Waals surface area (Å²) in [6, 6.07) is -1.52. The molecule has 3 atom stereocenters. The molecule has 0 aliphatic rings. The minimum Gasteiger partial charge on any atom is -0.480 e. The number of esters is 2. The third-order valence-electron chi connectivity index (χ3n) is 9.76. The lowest BCUT2D eigenvalue weighted by Gasteiger charge is -2.20. The summed E-state index contributed by atoms with van der Waals surface area (Å²) >= 11 is 0. The van der Waals surface area contributed by atoms with Crippen LogP contribution in [0, 0.1) is 0 Å². The molecule has 0 saturated heterocycles. The van der Waals surface area contributed by atoms with Crippen LogP contribution in [-0.2, 0) is 37.5 Å². The summed E-state index contributed by atoms with van der Waals surface area (Å²) in [5, 5.41) is 8.88. The van der Waals surface area contributed by atoms with Crippen LogP contribution in [-0.4, -0.2) is 59.9 Å². The number of hydrogen-bond acceptors (Lipinski definition) is 9. The highest BCUT2D eigenvalue weighted by atomic mass is 31.2. The second-order valence-electron chi connectivity index (χ2n) is 15.2. The van der Waals surface area contributed by atoms with Crippen molar-refractivity contribution in [1.82, 2.24) is 0 Å². The minimum atomic E-state index is -4.71. The maximum atomic E-state index is 12.6. The Morgan fingerprint density at radius 1 is 0.545 bits per heavy atom. The number of phosphoric ester groups is 1. The van der Waals surface area contributed by atoms with Crippen molar-refractivity contribution in [2.24, 2.45) is 5.73 Å². The molecule has 12 heteroatoms. The van der Waals surface area contributed by atoms with E-state index in [4.69, 9.17) is 24.8 Å². The van der Waals surface area contributed by atoms with Crippen LogP contribution in [0.3, 0.4) is 0 Å². The van der Waals surface area contributed by atoms with E-state index >= 15 is 0 Å². The highest BCUT2D eigenvalue weighted by Crippen LogP contribution is 2.43. The van der Waals surface area contributed by atoms with E-state index in [9.17, 15) is 23.8 Å².